The quantitative estimate of drug-likeness (QED) is 0.685. The van der Waals surface area contributed by atoms with E-state index in [1.807, 2.05) is 11.8 Å². The second kappa shape index (κ2) is 9.76. The highest BCUT2D eigenvalue weighted by molar-refractivity contribution is 6.00. The van der Waals surface area contributed by atoms with Crippen LogP contribution in [0.5, 0.6) is 0 Å². The maximum Gasteiger partial charge on any atom is 0.235 e. The van der Waals surface area contributed by atoms with Crippen LogP contribution in [-0.4, -0.2) is 42.4 Å². The van der Waals surface area contributed by atoms with Crippen LogP contribution in [-0.2, 0) is 9.59 Å². The number of amides is 2. The molecule has 2 fully saturated rings. The van der Waals surface area contributed by atoms with Gasteiger partial charge in [0.05, 0.1) is 6.07 Å². The summed E-state index contributed by atoms with van der Waals surface area (Å²) < 4.78 is 0. The molecular weight excluding hydrogens is 316 g/mol. The van der Waals surface area contributed by atoms with Crippen LogP contribution in [0.2, 0.25) is 0 Å². The minimum absolute atomic E-state index is 0.0732. The van der Waals surface area contributed by atoms with Crippen molar-refractivity contribution in [2.24, 2.45) is 23.5 Å². The summed E-state index contributed by atoms with van der Waals surface area (Å²) in [5, 5.41) is 12.3. The molecule has 6 heteroatoms. The number of nitriles is 1. The zero-order valence-corrected chi connectivity index (χ0v) is 15.4. The maximum absolute atomic E-state index is 13.3. The number of nitrogens with two attached hydrogens (primary N) is 1. The average Bonchev–Trinajstić information content (AvgIpc) is 2.61. The van der Waals surface area contributed by atoms with Crippen LogP contribution in [0, 0.1) is 29.1 Å². The molecule has 3 unspecified atom stereocenters. The molecule has 3 N–H and O–H groups in total. The molecule has 0 spiro atoms. The van der Waals surface area contributed by atoms with Crippen molar-refractivity contribution < 1.29 is 9.59 Å². The summed E-state index contributed by atoms with van der Waals surface area (Å²) in [6, 6.07) is 2.28. The smallest absolute Gasteiger partial charge is 0.235 e. The van der Waals surface area contributed by atoms with E-state index < -0.39 is 11.8 Å². The Hall–Kier alpha value is -1.61. The van der Waals surface area contributed by atoms with Crippen molar-refractivity contribution in [3.05, 3.63) is 0 Å². The van der Waals surface area contributed by atoms with E-state index >= 15 is 0 Å². The number of nitrogens with zero attached hydrogens (tertiary/aromatic N) is 2. The molecule has 0 aromatic heterocycles. The van der Waals surface area contributed by atoms with Crippen LogP contribution in [0.15, 0.2) is 0 Å². The van der Waals surface area contributed by atoms with E-state index in [1.165, 1.54) is 6.42 Å². The average molecular weight is 348 g/mol. The van der Waals surface area contributed by atoms with Crippen LogP contribution >= 0.6 is 0 Å². The van der Waals surface area contributed by atoms with E-state index in [0.29, 0.717) is 13.0 Å². The lowest BCUT2D eigenvalue weighted by molar-refractivity contribution is -0.146. The standard InChI is InChI=1S/C19H32N4O2/c1-14(9-10-20)13-23(16-8-5-11-22-12-16)19(25)17(18(21)24)15-6-3-2-4-7-15/h14-17,22H,2-9,11-13H2,1H3,(H2,21,24). The third-order valence-corrected chi connectivity index (χ3v) is 5.64. The third kappa shape index (κ3) is 5.43. The summed E-state index contributed by atoms with van der Waals surface area (Å²) in [6.07, 6.45) is 7.49. The second-order valence-electron chi connectivity index (χ2n) is 7.74. The van der Waals surface area contributed by atoms with Crippen molar-refractivity contribution in [2.45, 2.75) is 64.3 Å². The number of rotatable bonds is 7. The molecule has 1 saturated heterocycles. The Balaban J connectivity index is 2.17. The zero-order chi connectivity index (χ0) is 18.2. The molecule has 1 aliphatic carbocycles. The zero-order valence-electron chi connectivity index (χ0n) is 15.4. The van der Waals surface area contributed by atoms with Gasteiger partial charge in [0.25, 0.3) is 0 Å². The van der Waals surface area contributed by atoms with E-state index in [2.05, 4.69) is 11.4 Å². The summed E-state index contributed by atoms with van der Waals surface area (Å²) in [6.45, 7) is 4.23. The van der Waals surface area contributed by atoms with Gasteiger partial charge in [-0.3, -0.25) is 9.59 Å². The minimum atomic E-state index is -0.712. The summed E-state index contributed by atoms with van der Waals surface area (Å²) in [5.41, 5.74) is 5.67. The topological polar surface area (TPSA) is 99.2 Å². The molecule has 1 aliphatic heterocycles. The van der Waals surface area contributed by atoms with Crippen molar-refractivity contribution in [3.63, 3.8) is 0 Å². The van der Waals surface area contributed by atoms with Crippen LogP contribution in [0.4, 0.5) is 0 Å². The first-order valence-electron chi connectivity index (χ1n) is 9.72. The Morgan fingerprint density at radius 1 is 1.24 bits per heavy atom. The van der Waals surface area contributed by atoms with Crippen molar-refractivity contribution in [1.29, 1.82) is 5.26 Å². The largest absolute Gasteiger partial charge is 0.369 e. The molecule has 25 heavy (non-hydrogen) atoms. The van der Waals surface area contributed by atoms with E-state index in [-0.39, 0.29) is 23.8 Å². The number of carbonyl (C=O) groups excluding carboxylic acids is 2. The summed E-state index contributed by atoms with van der Waals surface area (Å²) in [4.78, 5) is 27.3. The van der Waals surface area contributed by atoms with Crippen molar-refractivity contribution in [1.82, 2.24) is 10.2 Å². The number of primary amides is 1. The normalized spacial score (nSPS) is 24.1. The molecule has 0 aromatic carbocycles. The van der Waals surface area contributed by atoms with Gasteiger partial charge in [-0.25, -0.2) is 0 Å². The highest BCUT2D eigenvalue weighted by Crippen LogP contribution is 2.32. The lowest BCUT2D eigenvalue weighted by atomic mass is 9.78. The van der Waals surface area contributed by atoms with Gasteiger partial charge in [0.1, 0.15) is 5.92 Å². The van der Waals surface area contributed by atoms with Crippen LogP contribution in [0.25, 0.3) is 0 Å². The molecular formula is C19H32N4O2. The Kier molecular flexibility index (Phi) is 7.70. The van der Waals surface area contributed by atoms with Gasteiger partial charge in [-0.15, -0.1) is 0 Å². The van der Waals surface area contributed by atoms with Crippen LogP contribution in [0.1, 0.15) is 58.3 Å². The minimum Gasteiger partial charge on any atom is -0.369 e. The fourth-order valence-electron chi connectivity index (χ4n) is 4.28. The number of hydrogen-bond donors (Lipinski definition) is 2. The number of hydrogen-bond acceptors (Lipinski definition) is 4. The first kappa shape index (κ1) is 19.7. The van der Waals surface area contributed by atoms with E-state index in [9.17, 15) is 9.59 Å². The van der Waals surface area contributed by atoms with E-state index in [1.54, 1.807) is 0 Å². The Labute approximate surface area is 151 Å². The van der Waals surface area contributed by atoms with Gasteiger partial charge in [0.2, 0.25) is 11.8 Å². The van der Waals surface area contributed by atoms with Gasteiger partial charge in [-0.05, 0) is 44.1 Å². The predicted molar refractivity (Wildman–Crippen MR) is 96.3 cm³/mol. The van der Waals surface area contributed by atoms with Gasteiger partial charge in [-0.1, -0.05) is 26.2 Å². The van der Waals surface area contributed by atoms with Crippen LogP contribution in [0.3, 0.4) is 0 Å². The first-order chi connectivity index (χ1) is 12.0. The Bertz CT molecular complexity index is 490. The number of piperidine rings is 1. The first-order valence-corrected chi connectivity index (χ1v) is 9.72. The van der Waals surface area contributed by atoms with Crippen molar-refractivity contribution in [3.8, 4) is 6.07 Å². The van der Waals surface area contributed by atoms with E-state index in [0.717, 1.165) is 51.6 Å². The van der Waals surface area contributed by atoms with Crippen LogP contribution < -0.4 is 11.1 Å². The van der Waals surface area contributed by atoms with Gasteiger partial charge in [0, 0.05) is 25.6 Å². The summed E-state index contributed by atoms with van der Waals surface area (Å²) in [7, 11) is 0. The van der Waals surface area contributed by atoms with Gasteiger partial charge in [-0.2, -0.15) is 5.26 Å². The molecule has 2 aliphatic rings. The number of nitrogens with one attached hydrogen (secondary N) is 1. The van der Waals surface area contributed by atoms with E-state index in [4.69, 9.17) is 11.0 Å². The number of carbonyl (C=O) groups is 2. The van der Waals surface area contributed by atoms with Gasteiger partial charge >= 0.3 is 0 Å². The molecule has 3 atom stereocenters. The monoisotopic (exact) mass is 348 g/mol. The fraction of sp³-hybridized carbons (Fsp3) is 0.842. The molecule has 0 radical (unpaired) electrons. The van der Waals surface area contributed by atoms with Crippen molar-refractivity contribution >= 4 is 11.8 Å². The van der Waals surface area contributed by atoms with Crippen molar-refractivity contribution in [2.75, 3.05) is 19.6 Å². The summed E-state index contributed by atoms with van der Waals surface area (Å²) in [5.74, 6) is -1.15. The molecule has 6 nitrogen and oxygen atoms in total. The molecule has 1 saturated carbocycles. The molecule has 0 aromatic rings. The fourth-order valence-corrected chi connectivity index (χ4v) is 4.28. The summed E-state index contributed by atoms with van der Waals surface area (Å²) >= 11 is 0. The second-order valence-corrected chi connectivity index (χ2v) is 7.74. The third-order valence-electron chi connectivity index (χ3n) is 5.64. The lowest BCUT2D eigenvalue weighted by Crippen LogP contribution is -2.54. The lowest BCUT2D eigenvalue weighted by Gasteiger charge is -2.39. The highest BCUT2D eigenvalue weighted by atomic mass is 16.2. The molecule has 1 heterocycles. The maximum atomic E-state index is 13.3. The molecule has 2 amide bonds. The predicted octanol–water partition coefficient (Wildman–Crippen LogP) is 1.80. The Morgan fingerprint density at radius 3 is 2.52 bits per heavy atom. The van der Waals surface area contributed by atoms with Gasteiger partial charge < -0.3 is 16.0 Å². The SMILES string of the molecule is CC(CC#N)CN(C(=O)C(C(N)=O)C1CCCCC1)C1CCCNC1. The molecule has 0 bridgehead atoms. The molecule has 2 rings (SSSR count). The Morgan fingerprint density at radius 2 is 1.96 bits per heavy atom. The highest BCUT2D eigenvalue weighted by Gasteiger charge is 2.39. The van der Waals surface area contributed by atoms with Gasteiger partial charge in [0.15, 0.2) is 0 Å². The molecule has 140 valence electrons.